The number of hydrogen-bond acceptors (Lipinski definition) is 6. The summed E-state index contributed by atoms with van der Waals surface area (Å²) in [5, 5.41) is 13.2. The van der Waals surface area contributed by atoms with E-state index in [0.29, 0.717) is 17.2 Å². The van der Waals surface area contributed by atoms with Gasteiger partial charge < -0.3 is 24.6 Å². The maximum atomic E-state index is 9.86. The summed E-state index contributed by atoms with van der Waals surface area (Å²) >= 11 is 0. The lowest BCUT2D eigenvalue weighted by molar-refractivity contribution is 0.129. The normalized spacial score (nSPS) is 20.1. The lowest BCUT2D eigenvalue weighted by atomic mass is 10.0. The molecule has 2 heterocycles. The number of benzene rings is 1. The molecule has 6 heteroatoms. The van der Waals surface area contributed by atoms with Crippen LogP contribution in [0.4, 0.5) is 0 Å². The second kappa shape index (κ2) is 6.51. The summed E-state index contributed by atoms with van der Waals surface area (Å²) in [5.41, 5.74) is 1.00. The van der Waals surface area contributed by atoms with Gasteiger partial charge in [0.2, 0.25) is 12.5 Å². The van der Waals surface area contributed by atoms with Gasteiger partial charge in [-0.05, 0) is 30.7 Å². The first-order valence-corrected chi connectivity index (χ1v) is 7.36. The fraction of sp³-hybridized carbons (Fsp3) is 0.600. The SMILES string of the molecule is COc1cc(C(CO)N2CCCNCC2)cc2c1OCO2. The molecule has 1 fully saturated rings. The Morgan fingerprint density at radius 1 is 1.33 bits per heavy atom. The van der Waals surface area contributed by atoms with Crippen molar-refractivity contribution in [2.75, 3.05) is 46.7 Å². The predicted octanol–water partition coefficient (Wildman–Crippen LogP) is 0.753. The number of nitrogens with zero attached hydrogens (tertiary/aromatic N) is 1. The fourth-order valence-electron chi connectivity index (χ4n) is 2.95. The Morgan fingerprint density at radius 2 is 2.24 bits per heavy atom. The molecule has 0 spiro atoms. The molecule has 116 valence electrons. The minimum absolute atomic E-state index is 0.0479. The third kappa shape index (κ3) is 2.92. The van der Waals surface area contributed by atoms with Gasteiger partial charge in [0.05, 0.1) is 19.8 Å². The monoisotopic (exact) mass is 294 g/mol. The Hall–Kier alpha value is -1.50. The molecule has 1 aromatic rings. The minimum atomic E-state index is -0.0479. The number of methoxy groups -OCH3 is 1. The third-order valence-electron chi connectivity index (χ3n) is 4.05. The minimum Gasteiger partial charge on any atom is -0.493 e. The highest BCUT2D eigenvalue weighted by Crippen LogP contribution is 2.43. The van der Waals surface area contributed by atoms with Crippen LogP contribution >= 0.6 is 0 Å². The molecule has 0 saturated carbocycles. The molecule has 2 aliphatic heterocycles. The first-order chi connectivity index (χ1) is 10.3. The number of ether oxygens (including phenoxy) is 3. The Labute approximate surface area is 124 Å². The van der Waals surface area contributed by atoms with Crippen LogP contribution in [0.25, 0.3) is 0 Å². The van der Waals surface area contributed by atoms with Crippen LogP contribution in [0.2, 0.25) is 0 Å². The Balaban J connectivity index is 1.89. The fourth-order valence-corrected chi connectivity index (χ4v) is 2.95. The molecule has 2 aliphatic rings. The molecule has 21 heavy (non-hydrogen) atoms. The van der Waals surface area contributed by atoms with Gasteiger partial charge in [-0.15, -0.1) is 0 Å². The molecule has 0 bridgehead atoms. The lowest BCUT2D eigenvalue weighted by Gasteiger charge is -2.29. The molecular formula is C15H22N2O4. The number of aliphatic hydroxyl groups is 1. The number of hydrogen-bond donors (Lipinski definition) is 2. The highest BCUT2D eigenvalue weighted by molar-refractivity contribution is 5.55. The smallest absolute Gasteiger partial charge is 0.231 e. The van der Waals surface area contributed by atoms with E-state index in [0.717, 1.165) is 38.2 Å². The van der Waals surface area contributed by atoms with Crippen molar-refractivity contribution < 1.29 is 19.3 Å². The molecular weight excluding hydrogens is 272 g/mol. The number of nitrogens with one attached hydrogen (secondary N) is 1. The van der Waals surface area contributed by atoms with E-state index in [4.69, 9.17) is 14.2 Å². The van der Waals surface area contributed by atoms with Crippen molar-refractivity contribution >= 4 is 0 Å². The van der Waals surface area contributed by atoms with E-state index in [1.54, 1.807) is 7.11 Å². The summed E-state index contributed by atoms with van der Waals surface area (Å²) in [6.07, 6.45) is 1.08. The van der Waals surface area contributed by atoms with E-state index in [1.165, 1.54) is 0 Å². The molecule has 1 saturated heterocycles. The topological polar surface area (TPSA) is 63.2 Å². The van der Waals surface area contributed by atoms with E-state index in [1.807, 2.05) is 12.1 Å². The summed E-state index contributed by atoms with van der Waals surface area (Å²) in [6, 6.07) is 3.84. The average Bonchev–Trinajstić information content (AvgIpc) is 2.82. The van der Waals surface area contributed by atoms with Gasteiger partial charge in [-0.2, -0.15) is 0 Å². The predicted molar refractivity (Wildman–Crippen MR) is 78.0 cm³/mol. The highest BCUT2D eigenvalue weighted by Gasteiger charge is 2.26. The highest BCUT2D eigenvalue weighted by atomic mass is 16.7. The maximum Gasteiger partial charge on any atom is 0.231 e. The van der Waals surface area contributed by atoms with Gasteiger partial charge in [0.25, 0.3) is 0 Å². The van der Waals surface area contributed by atoms with Crippen molar-refractivity contribution in [3.05, 3.63) is 17.7 Å². The number of aliphatic hydroxyl groups excluding tert-OH is 1. The average molecular weight is 294 g/mol. The molecule has 3 rings (SSSR count). The van der Waals surface area contributed by atoms with Crippen LogP contribution in [0.3, 0.4) is 0 Å². The Kier molecular flexibility index (Phi) is 4.48. The Bertz CT molecular complexity index is 487. The summed E-state index contributed by atoms with van der Waals surface area (Å²) in [6.45, 7) is 4.14. The van der Waals surface area contributed by atoms with Crippen LogP contribution in [0.1, 0.15) is 18.0 Å². The van der Waals surface area contributed by atoms with Crippen LogP contribution in [-0.4, -0.2) is 56.7 Å². The van der Waals surface area contributed by atoms with Gasteiger partial charge in [-0.25, -0.2) is 0 Å². The molecule has 2 N–H and O–H groups in total. The van der Waals surface area contributed by atoms with Crippen LogP contribution in [0, 0.1) is 0 Å². The van der Waals surface area contributed by atoms with Crippen LogP contribution in [0.5, 0.6) is 17.2 Å². The van der Waals surface area contributed by atoms with Crippen molar-refractivity contribution in [1.29, 1.82) is 0 Å². The molecule has 1 atom stereocenters. The van der Waals surface area contributed by atoms with Crippen molar-refractivity contribution in [2.24, 2.45) is 0 Å². The first-order valence-electron chi connectivity index (χ1n) is 7.36. The lowest BCUT2D eigenvalue weighted by Crippen LogP contribution is -2.34. The largest absolute Gasteiger partial charge is 0.493 e. The number of rotatable bonds is 4. The van der Waals surface area contributed by atoms with Crippen molar-refractivity contribution in [3.8, 4) is 17.2 Å². The van der Waals surface area contributed by atoms with Gasteiger partial charge >= 0.3 is 0 Å². The number of fused-ring (bicyclic) bond motifs is 1. The van der Waals surface area contributed by atoms with Crippen LogP contribution in [-0.2, 0) is 0 Å². The van der Waals surface area contributed by atoms with Crippen molar-refractivity contribution in [2.45, 2.75) is 12.5 Å². The van der Waals surface area contributed by atoms with Crippen molar-refractivity contribution in [3.63, 3.8) is 0 Å². The van der Waals surface area contributed by atoms with E-state index < -0.39 is 0 Å². The van der Waals surface area contributed by atoms with Gasteiger partial charge in [0, 0.05) is 19.6 Å². The summed E-state index contributed by atoms with van der Waals surface area (Å²) in [4.78, 5) is 2.30. The standard InChI is InChI=1S/C15H22N2O4/c1-19-13-7-11(8-14-15(13)21-10-20-14)12(9-18)17-5-2-3-16-4-6-17/h7-8,12,16,18H,2-6,9-10H2,1H3. The zero-order valence-electron chi connectivity index (χ0n) is 12.3. The van der Waals surface area contributed by atoms with Crippen molar-refractivity contribution in [1.82, 2.24) is 10.2 Å². The Morgan fingerprint density at radius 3 is 3.05 bits per heavy atom. The van der Waals surface area contributed by atoms with Crippen LogP contribution < -0.4 is 19.5 Å². The second-order valence-electron chi connectivity index (χ2n) is 5.29. The van der Waals surface area contributed by atoms with Gasteiger partial charge in [-0.1, -0.05) is 0 Å². The van der Waals surface area contributed by atoms with E-state index >= 15 is 0 Å². The quantitative estimate of drug-likeness (QED) is 0.854. The molecule has 0 aliphatic carbocycles. The first kappa shape index (κ1) is 14.4. The van der Waals surface area contributed by atoms with Gasteiger partial charge in [0.1, 0.15) is 0 Å². The second-order valence-corrected chi connectivity index (χ2v) is 5.29. The maximum absolute atomic E-state index is 9.86. The zero-order valence-corrected chi connectivity index (χ0v) is 12.3. The molecule has 0 amide bonds. The molecule has 0 radical (unpaired) electrons. The summed E-state index contributed by atoms with van der Waals surface area (Å²) in [7, 11) is 1.62. The molecule has 6 nitrogen and oxygen atoms in total. The van der Waals surface area contributed by atoms with E-state index in [-0.39, 0.29) is 19.4 Å². The molecule has 0 aromatic heterocycles. The van der Waals surface area contributed by atoms with Crippen LogP contribution in [0.15, 0.2) is 12.1 Å². The van der Waals surface area contributed by atoms with Gasteiger partial charge in [0.15, 0.2) is 11.5 Å². The molecule has 1 aromatic carbocycles. The van der Waals surface area contributed by atoms with E-state index in [9.17, 15) is 5.11 Å². The zero-order chi connectivity index (χ0) is 14.7. The third-order valence-corrected chi connectivity index (χ3v) is 4.05. The van der Waals surface area contributed by atoms with Gasteiger partial charge in [-0.3, -0.25) is 4.90 Å². The summed E-state index contributed by atoms with van der Waals surface area (Å²) < 4.78 is 16.3. The van der Waals surface area contributed by atoms with E-state index in [2.05, 4.69) is 10.2 Å². The molecule has 1 unspecified atom stereocenters. The summed E-state index contributed by atoms with van der Waals surface area (Å²) in [5.74, 6) is 2.00.